The summed E-state index contributed by atoms with van der Waals surface area (Å²) in [6.07, 6.45) is 0. The summed E-state index contributed by atoms with van der Waals surface area (Å²) < 4.78 is 27.2. The van der Waals surface area contributed by atoms with Gasteiger partial charge in [0, 0.05) is 5.56 Å². The van der Waals surface area contributed by atoms with Gasteiger partial charge in [-0.25, -0.2) is 13.5 Å². The van der Waals surface area contributed by atoms with Gasteiger partial charge >= 0.3 is 0 Å². The lowest BCUT2D eigenvalue weighted by molar-refractivity contribution is 0.277. The molecule has 0 aliphatic heterocycles. The van der Waals surface area contributed by atoms with Gasteiger partial charge in [0.25, 0.3) is 0 Å². The van der Waals surface area contributed by atoms with Gasteiger partial charge in [0.2, 0.25) is 0 Å². The van der Waals surface area contributed by atoms with Gasteiger partial charge in [0.15, 0.2) is 11.6 Å². The highest BCUT2D eigenvalue weighted by Crippen LogP contribution is 2.24. The van der Waals surface area contributed by atoms with Gasteiger partial charge in [0.05, 0.1) is 18.4 Å². The van der Waals surface area contributed by atoms with E-state index in [1.165, 1.54) is 10.7 Å². The minimum atomic E-state index is -1.01. The number of rotatable bonds is 3. The molecule has 0 atom stereocenters. The number of aliphatic hydroxyl groups excluding tert-OH is 1. The van der Waals surface area contributed by atoms with E-state index in [0.717, 1.165) is 12.1 Å². The molecule has 0 unspecified atom stereocenters. The summed E-state index contributed by atoms with van der Waals surface area (Å²) >= 11 is 0. The molecule has 0 saturated carbocycles. The summed E-state index contributed by atoms with van der Waals surface area (Å²) in [6, 6.07) is 5.15. The topological polar surface area (TPSA) is 74.7 Å². The summed E-state index contributed by atoms with van der Waals surface area (Å²) in [5.74, 6) is -1.98. The molecular weight excluding hydrogens is 242 g/mol. The van der Waals surface area contributed by atoms with Gasteiger partial charge in [-0.3, -0.25) is 0 Å². The van der Waals surface area contributed by atoms with Crippen LogP contribution in [0.2, 0.25) is 0 Å². The van der Waals surface area contributed by atoms with Crippen molar-refractivity contribution in [3.8, 4) is 17.3 Å². The third-order valence-electron chi connectivity index (χ3n) is 2.37. The van der Waals surface area contributed by atoms with Crippen molar-refractivity contribution in [3.05, 3.63) is 35.5 Å². The van der Waals surface area contributed by atoms with Gasteiger partial charge in [0.1, 0.15) is 12.2 Å². The summed E-state index contributed by atoms with van der Waals surface area (Å²) in [4.78, 5) is 0. The molecule has 0 bridgehead atoms. The number of nitriles is 1. The number of hydrogen-bond acceptors (Lipinski definition) is 4. The smallest absolute Gasteiger partial charge is 0.159 e. The molecule has 0 spiro atoms. The number of aliphatic hydroxyl groups is 1. The van der Waals surface area contributed by atoms with Crippen molar-refractivity contribution in [1.82, 2.24) is 15.0 Å². The third kappa shape index (κ3) is 2.06. The highest BCUT2D eigenvalue weighted by Gasteiger charge is 2.15. The molecule has 1 aromatic heterocycles. The quantitative estimate of drug-likeness (QED) is 0.889. The zero-order chi connectivity index (χ0) is 13.1. The van der Waals surface area contributed by atoms with E-state index in [1.54, 1.807) is 0 Å². The average molecular weight is 250 g/mol. The maximum absolute atomic E-state index is 13.2. The fraction of sp³-hybridized carbons (Fsp3) is 0.182. The van der Waals surface area contributed by atoms with Crippen molar-refractivity contribution in [2.75, 3.05) is 0 Å². The second-order valence-corrected chi connectivity index (χ2v) is 3.49. The average Bonchev–Trinajstić information content (AvgIpc) is 2.76. The standard InChI is InChI=1S/C11H8F2N4O/c12-8-2-1-7(5-9(8)13)11-10(6-18)15-16-17(11)4-3-14/h1-2,5,18H,4,6H2. The van der Waals surface area contributed by atoms with Crippen molar-refractivity contribution in [3.63, 3.8) is 0 Å². The SMILES string of the molecule is N#CCn1nnc(CO)c1-c1ccc(F)c(F)c1. The maximum Gasteiger partial charge on any atom is 0.159 e. The molecule has 1 N–H and O–H groups in total. The lowest BCUT2D eigenvalue weighted by Gasteiger charge is -2.05. The zero-order valence-electron chi connectivity index (χ0n) is 9.14. The van der Waals surface area contributed by atoms with E-state index in [4.69, 9.17) is 10.4 Å². The van der Waals surface area contributed by atoms with Crippen molar-refractivity contribution in [2.45, 2.75) is 13.2 Å². The number of hydrogen-bond donors (Lipinski definition) is 1. The van der Waals surface area contributed by atoms with Gasteiger partial charge < -0.3 is 5.11 Å². The number of halogens is 2. The van der Waals surface area contributed by atoms with Crippen LogP contribution in [0.1, 0.15) is 5.69 Å². The van der Waals surface area contributed by atoms with E-state index in [0.29, 0.717) is 11.3 Å². The Morgan fingerprint density at radius 3 is 2.72 bits per heavy atom. The molecule has 5 nitrogen and oxygen atoms in total. The Balaban J connectivity index is 2.57. The van der Waals surface area contributed by atoms with Gasteiger partial charge in [-0.05, 0) is 18.2 Å². The predicted octanol–water partition coefficient (Wildman–Crippen LogP) is 1.24. The minimum Gasteiger partial charge on any atom is -0.390 e. The fourth-order valence-electron chi connectivity index (χ4n) is 1.59. The van der Waals surface area contributed by atoms with Gasteiger partial charge in [-0.1, -0.05) is 5.21 Å². The molecule has 1 heterocycles. The van der Waals surface area contributed by atoms with Crippen LogP contribution in [0, 0.1) is 23.0 Å². The van der Waals surface area contributed by atoms with E-state index >= 15 is 0 Å². The van der Waals surface area contributed by atoms with Crippen LogP contribution in [0.5, 0.6) is 0 Å². The summed E-state index contributed by atoms with van der Waals surface area (Å²) in [5.41, 5.74) is 0.812. The summed E-state index contributed by atoms with van der Waals surface area (Å²) in [7, 11) is 0. The zero-order valence-corrected chi connectivity index (χ0v) is 9.14. The Morgan fingerprint density at radius 1 is 1.33 bits per heavy atom. The second kappa shape index (κ2) is 4.89. The van der Waals surface area contributed by atoms with Crippen molar-refractivity contribution >= 4 is 0 Å². The molecule has 0 fully saturated rings. The van der Waals surface area contributed by atoms with E-state index in [2.05, 4.69) is 10.3 Å². The molecule has 7 heteroatoms. The molecule has 2 rings (SSSR count). The van der Waals surface area contributed by atoms with Crippen LogP contribution in [0.3, 0.4) is 0 Å². The van der Waals surface area contributed by atoms with E-state index < -0.39 is 18.2 Å². The fourth-order valence-corrected chi connectivity index (χ4v) is 1.59. The van der Waals surface area contributed by atoms with Crippen molar-refractivity contribution < 1.29 is 13.9 Å². The normalized spacial score (nSPS) is 10.3. The summed E-state index contributed by atoms with van der Waals surface area (Å²) in [5, 5.41) is 25.1. The van der Waals surface area contributed by atoms with Crippen molar-refractivity contribution in [2.24, 2.45) is 0 Å². The van der Waals surface area contributed by atoms with Gasteiger partial charge in [-0.15, -0.1) is 5.10 Å². The van der Waals surface area contributed by atoms with Crippen LogP contribution in [0.4, 0.5) is 8.78 Å². The van der Waals surface area contributed by atoms with Crippen LogP contribution >= 0.6 is 0 Å². The van der Waals surface area contributed by atoms with E-state index in [1.807, 2.05) is 6.07 Å². The Hall–Kier alpha value is -2.33. The molecule has 1 aromatic carbocycles. The largest absolute Gasteiger partial charge is 0.390 e. The number of aromatic nitrogens is 3. The minimum absolute atomic E-state index is 0.0959. The Bertz CT molecular complexity index is 618. The van der Waals surface area contributed by atoms with Crippen LogP contribution in [-0.4, -0.2) is 20.1 Å². The predicted molar refractivity (Wildman–Crippen MR) is 56.9 cm³/mol. The highest BCUT2D eigenvalue weighted by molar-refractivity contribution is 5.62. The molecule has 18 heavy (non-hydrogen) atoms. The highest BCUT2D eigenvalue weighted by atomic mass is 19.2. The first-order chi connectivity index (χ1) is 8.67. The molecule has 92 valence electrons. The van der Waals surface area contributed by atoms with Crippen molar-refractivity contribution in [1.29, 1.82) is 5.26 Å². The monoisotopic (exact) mass is 250 g/mol. The third-order valence-corrected chi connectivity index (χ3v) is 2.37. The first kappa shape index (κ1) is 12.1. The second-order valence-electron chi connectivity index (χ2n) is 3.49. The molecule has 0 saturated heterocycles. The van der Waals surface area contributed by atoms with Gasteiger partial charge in [-0.2, -0.15) is 5.26 Å². The first-order valence-electron chi connectivity index (χ1n) is 5.03. The lowest BCUT2D eigenvalue weighted by atomic mass is 10.1. The molecule has 0 aliphatic rings. The number of nitrogens with zero attached hydrogens (tertiary/aromatic N) is 4. The van der Waals surface area contributed by atoms with E-state index in [-0.39, 0.29) is 12.2 Å². The number of benzene rings is 1. The molecule has 2 aromatic rings. The van der Waals surface area contributed by atoms with Crippen LogP contribution in [0.15, 0.2) is 18.2 Å². The lowest BCUT2D eigenvalue weighted by Crippen LogP contribution is -2.02. The maximum atomic E-state index is 13.2. The van der Waals surface area contributed by atoms with E-state index in [9.17, 15) is 8.78 Å². The van der Waals surface area contributed by atoms with Crippen LogP contribution in [-0.2, 0) is 13.2 Å². The Labute approximate surface area is 101 Å². The first-order valence-corrected chi connectivity index (χ1v) is 5.03. The molecular formula is C11H8F2N4O. The molecule has 0 aliphatic carbocycles. The molecule has 0 amide bonds. The Morgan fingerprint density at radius 2 is 2.11 bits per heavy atom. The van der Waals surface area contributed by atoms with Crippen LogP contribution in [0.25, 0.3) is 11.3 Å². The molecule has 0 radical (unpaired) electrons. The summed E-state index contributed by atoms with van der Waals surface area (Å²) in [6.45, 7) is -0.499. The Kier molecular flexibility index (Phi) is 3.30. The van der Waals surface area contributed by atoms with Crippen LogP contribution < -0.4 is 0 Å².